The van der Waals surface area contributed by atoms with E-state index in [-0.39, 0.29) is 23.6 Å². The third-order valence-electron chi connectivity index (χ3n) is 4.18. The van der Waals surface area contributed by atoms with Crippen LogP contribution in [-0.2, 0) is 27.3 Å². The summed E-state index contributed by atoms with van der Waals surface area (Å²) in [6, 6.07) is 13.7. The molecule has 0 heterocycles. The predicted octanol–water partition coefficient (Wildman–Crippen LogP) is 2.41. The first-order valence-electron chi connectivity index (χ1n) is 8.66. The number of nitrogens with zero attached hydrogens (tertiary/aromatic N) is 3. The van der Waals surface area contributed by atoms with Crippen molar-refractivity contribution >= 4 is 23.3 Å². The molecule has 2 aromatic rings. The minimum Gasteiger partial charge on any atom is -0.455 e. The van der Waals surface area contributed by atoms with E-state index in [9.17, 15) is 19.7 Å². The van der Waals surface area contributed by atoms with Crippen molar-refractivity contribution in [3.8, 4) is 0 Å². The highest BCUT2D eigenvalue weighted by Crippen LogP contribution is 2.18. The number of carbonyl (C=O) groups excluding carboxylic acids is 2. The average Bonchev–Trinajstić information content (AvgIpc) is 2.66. The van der Waals surface area contributed by atoms with E-state index < -0.39 is 17.5 Å². The Kier molecular flexibility index (Phi) is 7.08. The number of amides is 1. The molecular weight excluding hydrogens is 362 g/mol. The normalized spacial score (nSPS) is 10.2. The molecule has 1 amide bonds. The van der Waals surface area contributed by atoms with Crippen LogP contribution in [-0.4, -0.2) is 49.4 Å². The summed E-state index contributed by atoms with van der Waals surface area (Å²) in [6.07, 6.45) is -0.264. The van der Waals surface area contributed by atoms with Crippen LogP contribution in [0.4, 0.5) is 11.4 Å². The third-order valence-corrected chi connectivity index (χ3v) is 4.18. The Bertz CT molecular complexity index is 849. The molecule has 0 saturated carbocycles. The first kappa shape index (κ1) is 20.9. The van der Waals surface area contributed by atoms with Gasteiger partial charge in [-0.25, -0.2) is 0 Å². The monoisotopic (exact) mass is 385 g/mol. The van der Waals surface area contributed by atoms with E-state index in [0.29, 0.717) is 6.54 Å². The minimum absolute atomic E-state index is 0.149. The van der Waals surface area contributed by atoms with Crippen molar-refractivity contribution in [2.24, 2.45) is 0 Å². The number of likely N-dealkylation sites (N-methyl/N-ethyl adjacent to an activating group) is 1. The second kappa shape index (κ2) is 9.50. The molecule has 0 unspecified atom stereocenters. The van der Waals surface area contributed by atoms with Gasteiger partial charge in [0.15, 0.2) is 6.61 Å². The second-order valence-electron chi connectivity index (χ2n) is 6.53. The number of hydrogen-bond donors (Lipinski definition) is 0. The molecular formula is C20H23N3O5. The molecule has 2 aromatic carbocycles. The molecule has 8 heteroatoms. The lowest BCUT2D eigenvalue weighted by atomic mass is 10.1. The largest absolute Gasteiger partial charge is 0.455 e. The number of ether oxygens (including phenoxy) is 1. The van der Waals surface area contributed by atoms with Crippen LogP contribution < -0.4 is 4.90 Å². The van der Waals surface area contributed by atoms with Crippen LogP contribution in [0.2, 0.25) is 0 Å². The van der Waals surface area contributed by atoms with E-state index in [1.54, 1.807) is 13.1 Å². The lowest BCUT2D eigenvalue weighted by Crippen LogP contribution is -2.31. The average molecular weight is 385 g/mol. The summed E-state index contributed by atoms with van der Waals surface area (Å²) in [5, 5.41) is 11.0. The summed E-state index contributed by atoms with van der Waals surface area (Å²) in [6.45, 7) is -0.0278. The van der Waals surface area contributed by atoms with Crippen molar-refractivity contribution in [1.82, 2.24) is 4.90 Å². The summed E-state index contributed by atoms with van der Waals surface area (Å²) >= 11 is 0. The highest BCUT2D eigenvalue weighted by molar-refractivity contribution is 5.81. The number of para-hydroxylation sites is 1. The lowest BCUT2D eigenvalue weighted by molar-refractivity contribution is -0.385. The molecule has 8 nitrogen and oxygen atoms in total. The highest BCUT2D eigenvalue weighted by Gasteiger charge is 2.18. The van der Waals surface area contributed by atoms with Gasteiger partial charge in [0.05, 0.1) is 11.3 Å². The van der Waals surface area contributed by atoms with Gasteiger partial charge in [0, 0.05) is 45.0 Å². The second-order valence-corrected chi connectivity index (χ2v) is 6.53. The zero-order valence-electron chi connectivity index (χ0n) is 16.1. The molecule has 0 radical (unpaired) electrons. The topological polar surface area (TPSA) is 93.0 Å². The van der Waals surface area contributed by atoms with Gasteiger partial charge in [-0.15, -0.1) is 0 Å². The maximum absolute atomic E-state index is 12.2. The van der Waals surface area contributed by atoms with Crippen molar-refractivity contribution in [1.29, 1.82) is 0 Å². The summed E-state index contributed by atoms with van der Waals surface area (Å²) in [5.41, 5.74) is 2.11. The highest BCUT2D eigenvalue weighted by atomic mass is 16.6. The standard InChI is InChI=1S/C20H23N3O5/c1-21(2)17-10-8-15(9-11-17)13-22(3)19(24)14-28-20(25)12-16-6-4-5-7-18(16)23(26)27/h4-11H,12-14H2,1-3H3. The van der Waals surface area contributed by atoms with Gasteiger partial charge in [-0.2, -0.15) is 0 Å². The molecule has 148 valence electrons. The number of hydrogen-bond acceptors (Lipinski definition) is 6. The van der Waals surface area contributed by atoms with Crippen LogP contribution in [0.1, 0.15) is 11.1 Å². The Morgan fingerprint density at radius 3 is 2.29 bits per heavy atom. The number of esters is 1. The Hall–Kier alpha value is -3.42. The molecule has 0 aliphatic heterocycles. The molecule has 0 spiro atoms. The van der Waals surface area contributed by atoms with E-state index >= 15 is 0 Å². The number of nitro groups is 1. The number of anilines is 1. The summed E-state index contributed by atoms with van der Waals surface area (Å²) in [5.74, 6) is -1.04. The molecule has 0 bridgehead atoms. The third kappa shape index (κ3) is 5.80. The van der Waals surface area contributed by atoms with E-state index in [0.717, 1.165) is 11.3 Å². The fourth-order valence-electron chi connectivity index (χ4n) is 2.56. The summed E-state index contributed by atoms with van der Waals surface area (Å²) in [4.78, 5) is 38.0. The Morgan fingerprint density at radius 1 is 1.04 bits per heavy atom. The lowest BCUT2D eigenvalue weighted by Gasteiger charge is -2.18. The zero-order valence-corrected chi connectivity index (χ0v) is 16.1. The van der Waals surface area contributed by atoms with Crippen LogP contribution in [0.25, 0.3) is 0 Å². The Labute approximate surface area is 163 Å². The summed E-state index contributed by atoms with van der Waals surface area (Å²) < 4.78 is 4.99. The fraction of sp³-hybridized carbons (Fsp3) is 0.300. The summed E-state index contributed by atoms with van der Waals surface area (Å²) in [7, 11) is 5.52. The van der Waals surface area contributed by atoms with E-state index in [1.807, 2.05) is 43.3 Å². The van der Waals surface area contributed by atoms with Crippen molar-refractivity contribution < 1.29 is 19.2 Å². The smallest absolute Gasteiger partial charge is 0.311 e. The van der Waals surface area contributed by atoms with Gasteiger partial charge in [-0.05, 0) is 17.7 Å². The van der Waals surface area contributed by atoms with Gasteiger partial charge in [0.1, 0.15) is 0 Å². The molecule has 0 fully saturated rings. The van der Waals surface area contributed by atoms with Crippen molar-refractivity contribution in [3.05, 3.63) is 69.8 Å². The quantitative estimate of drug-likeness (QED) is 0.394. The molecule has 0 atom stereocenters. The van der Waals surface area contributed by atoms with Crippen molar-refractivity contribution in [2.75, 3.05) is 32.6 Å². The molecule has 0 saturated heterocycles. The fourth-order valence-corrected chi connectivity index (χ4v) is 2.56. The molecule has 2 rings (SSSR count). The zero-order chi connectivity index (χ0) is 20.7. The van der Waals surface area contributed by atoms with Gasteiger partial charge in [0.2, 0.25) is 0 Å². The van der Waals surface area contributed by atoms with Gasteiger partial charge in [0.25, 0.3) is 11.6 Å². The van der Waals surface area contributed by atoms with Crippen molar-refractivity contribution in [2.45, 2.75) is 13.0 Å². The van der Waals surface area contributed by atoms with Crippen LogP contribution >= 0.6 is 0 Å². The van der Waals surface area contributed by atoms with Gasteiger partial charge < -0.3 is 14.5 Å². The molecule has 0 aliphatic carbocycles. The number of carbonyl (C=O) groups is 2. The first-order valence-corrected chi connectivity index (χ1v) is 8.66. The van der Waals surface area contributed by atoms with Crippen LogP contribution in [0.3, 0.4) is 0 Å². The SMILES string of the molecule is CN(Cc1ccc(N(C)C)cc1)C(=O)COC(=O)Cc1ccccc1[N+](=O)[O-]. The number of benzene rings is 2. The molecule has 0 aromatic heterocycles. The maximum Gasteiger partial charge on any atom is 0.311 e. The van der Waals surface area contributed by atoms with Crippen LogP contribution in [0, 0.1) is 10.1 Å². The van der Waals surface area contributed by atoms with E-state index in [2.05, 4.69) is 0 Å². The molecule has 0 aliphatic rings. The van der Waals surface area contributed by atoms with Crippen molar-refractivity contribution in [3.63, 3.8) is 0 Å². The van der Waals surface area contributed by atoms with Gasteiger partial charge in [-0.1, -0.05) is 30.3 Å². The van der Waals surface area contributed by atoms with Gasteiger partial charge in [-0.3, -0.25) is 19.7 Å². The first-order chi connectivity index (χ1) is 13.3. The predicted molar refractivity (Wildman–Crippen MR) is 105 cm³/mol. The Balaban J connectivity index is 1.85. The number of nitro benzene ring substituents is 1. The van der Waals surface area contributed by atoms with E-state index in [4.69, 9.17) is 4.74 Å². The Morgan fingerprint density at radius 2 is 1.68 bits per heavy atom. The van der Waals surface area contributed by atoms with Gasteiger partial charge >= 0.3 is 5.97 Å². The van der Waals surface area contributed by atoms with Crippen LogP contribution in [0.15, 0.2) is 48.5 Å². The molecule has 0 N–H and O–H groups in total. The molecule has 28 heavy (non-hydrogen) atoms. The maximum atomic E-state index is 12.2. The minimum atomic E-state index is -0.689. The van der Waals surface area contributed by atoms with Crippen LogP contribution in [0.5, 0.6) is 0 Å². The number of rotatable bonds is 8. The van der Waals surface area contributed by atoms with E-state index in [1.165, 1.54) is 23.1 Å².